The van der Waals surface area contributed by atoms with Crippen molar-refractivity contribution >= 4 is 40.0 Å². The van der Waals surface area contributed by atoms with Gasteiger partial charge in [0, 0.05) is 0 Å². The van der Waals surface area contributed by atoms with Crippen molar-refractivity contribution in [3.63, 3.8) is 0 Å². The van der Waals surface area contributed by atoms with Crippen molar-refractivity contribution in [3.8, 4) is 0 Å². The van der Waals surface area contributed by atoms with Crippen LogP contribution < -0.4 is 10.9 Å². The zero-order valence-electron chi connectivity index (χ0n) is 17.7. The van der Waals surface area contributed by atoms with Gasteiger partial charge in [-0.05, 0) is 49.4 Å². The van der Waals surface area contributed by atoms with E-state index < -0.39 is 11.7 Å². The third-order valence-corrected chi connectivity index (χ3v) is 5.44. The number of rotatable bonds is 8. The summed E-state index contributed by atoms with van der Waals surface area (Å²) in [7, 11) is 1.55. The Kier molecular flexibility index (Phi) is 7.62. The van der Waals surface area contributed by atoms with Gasteiger partial charge in [-0.2, -0.15) is 0 Å². The van der Waals surface area contributed by atoms with Gasteiger partial charge in [0.25, 0.3) is 5.56 Å². The minimum atomic E-state index is -0.524. The summed E-state index contributed by atoms with van der Waals surface area (Å²) in [5, 5.41) is 3.28. The standard InChI is InChI=1S/C24H22FN3O3S/c1-4-17(14-13-16(2)31-3)28-23(30)18-9-5-7-11-20(18)27-24(28)32-15-22(29)26-21-12-8-6-10-19(21)25/h4-14H,1,15H2,2-3H3,(H,26,29). The average molecular weight is 452 g/mol. The summed E-state index contributed by atoms with van der Waals surface area (Å²) in [6.45, 7) is 5.59. The molecule has 1 aromatic heterocycles. The molecule has 0 radical (unpaired) electrons. The lowest BCUT2D eigenvalue weighted by atomic mass is 10.2. The average Bonchev–Trinajstić information content (AvgIpc) is 2.80. The number of nitrogens with zero attached hydrogens (tertiary/aromatic N) is 2. The second-order valence-corrected chi connectivity index (χ2v) is 7.59. The van der Waals surface area contributed by atoms with Crippen LogP contribution in [0.5, 0.6) is 0 Å². The number of thioether (sulfide) groups is 1. The number of fused-ring (bicyclic) bond motifs is 1. The molecule has 0 atom stereocenters. The summed E-state index contributed by atoms with van der Waals surface area (Å²) in [6.07, 6.45) is 4.92. The van der Waals surface area contributed by atoms with Crippen molar-refractivity contribution in [2.75, 3.05) is 18.2 Å². The van der Waals surface area contributed by atoms with Crippen molar-refractivity contribution in [2.45, 2.75) is 12.1 Å². The third-order valence-electron chi connectivity index (χ3n) is 4.50. The lowest BCUT2D eigenvalue weighted by molar-refractivity contribution is -0.113. The number of allylic oxidation sites excluding steroid dienone is 5. The van der Waals surface area contributed by atoms with Gasteiger partial charge >= 0.3 is 0 Å². The first-order valence-electron chi connectivity index (χ1n) is 9.69. The summed E-state index contributed by atoms with van der Waals surface area (Å²) < 4.78 is 20.4. The number of methoxy groups -OCH3 is 1. The highest BCUT2D eigenvalue weighted by Crippen LogP contribution is 2.22. The molecular weight excluding hydrogens is 429 g/mol. The van der Waals surface area contributed by atoms with Gasteiger partial charge in [0.1, 0.15) is 5.82 Å². The van der Waals surface area contributed by atoms with E-state index in [0.717, 1.165) is 11.8 Å². The number of carbonyl (C=O) groups excluding carboxylic acids is 1. The zero-order valence-corrected chi connectivity index (χ0v) is 18.5. The van der Waals surface area contributed by atoms with Gasteiger partial charge in [-0.1, -0.05) is 42.6 Å². The van der Waals surface area contributed by atoms with E-state index in [1.807, 2.05) is 0 Å². The fourth-order valence-electron chi connectivity index (χ4n) is 2.82. The topological polar surface area (TPSA) is 73.2 Å². The highest BCUT2D eigenvalue weighted by molar-refractivity contribution is 7.99. The second-order valence-electron chi connectivity index (χ2n) is 6.65. The molecule has 0 saturated carbocycles. The van der Waals surface area contributed by atoms with Crippen molar-refractivity contribution in [1.82, 2.24) is 9.55 Å². The minimum absolute atomic E-state index is 0.0729. The molecule has 8 heteroatoms. The van der Waals surface area contributed by atoms with Crippen LogP contribution in [0.1, 0.15) is 6.92 Å². The van der Waals surface area contributed by atoms with Gasteiger partial charge in [0.05, 0.1) is 40.9 Å². The van der Waals surface area contributed by atoms with E-state index in [9.17, 15) is 14.0 Å². The van der Waals surface area contributed by atoms with E-state index in [-0.39, 0.29) is 17.0 Å². The second kappa shape index (κ2) is 10.6. The van der Waals surface area contributed by atoms with E-state index >= 15 is 0 Å². The number of nitrogens with one attached hydrogen (secondary N) is 1. The number of para-hydroxylation sites is 2. The number of amides is 1. The van der Waals surface area contributed by atoms with Crippen molar-refractivity contribution < 1.29 is 13.9 Å². The Balaban J connectivity index is 1.98. The molecule has 0 spiro atoms. The number of benzene rings is 2. The minimum Gasteiger partial charge on any atom is -0.501 e. The quantitative estimate of drug-likeness (QED) is 0.230. The largest absolute Gasteiger partial charge is 0.501 e. The SMILES string of the molecule is C=CC(=CC=C(C)OC)n1c(SCC(=O)Nc2ccccc2F)nc2ccccc2c1=O. The fourth-order valence-corrected chi connectivity index (χ4v) is 3.63. The van der Waals surface area contributed by atoms with Crippen molar-refractivity contribution in [3.05, 3.63) is 95.3 Å². The molecule has 6 nitrogen and oxygen atoms in total. The van der Waals surface area contributed by atoms with Crippen LogP contribution in [-0.2, 0) is 9.53 Å². The maximum Gasteiger partial charge on any atom is 0.266 e. The number of anilines is 1. The van der Waals surface area contributed by atoms with Gasteiger partial charge in [0.15, 0.2) is 5.16 Å². The Morgan fingerprint density at radius 2 is 1.94 bits per heavy atom. The van der Waals surface area contributed by atoms with Gasteiger partial charge in [-0.25, -0.2) is 9.37 Å². The number of carbonyl (C=O) groups is 1. The van der Waals surface area contributed by atoms with Crippen LogP contribution in [-0.4, -0.2) is 28.3 Å². The van der Waals surface area contributed by atoms with E-state index in [1.54, 1.807) is 62.6 Å². The first-order chi connectivity index (χ1) is 15.4. The van der Waals surface area contributed by atoms with Crippen LogP contribution in [0.25, 0.3) is 16.6 Å². The molecule has 1 heterocycles. The number of aromatic nitrogens is 2. The summed E-state index contributed by atoms with van der Waals surface area (Å²) in [5.41, 5.74) is 0.788. The maximum atomic E-state index is 13.8. The molecule has 0 aliphatic carbocycles. The molecule has 32 heavy (non-hydrogen) atoms. The molecule has 0 bridgehead atoms. The molecule has 3 rings (SSSR count). The first kappa shape index (κ1) is 23.0. The molecule has 0 aliphatic heterocycles. The highest BCUT2D eigenvalue weighted by atomic mass is 32.2. The van der Waals surface area contributed by atoms with Gasteiger partial charge < -0.3 is 10.1 Å². The van der Waals surface area contributed by atoms with Gasteiger partial charge in [0.2, 0.25) is 5.91 Å². The van der Waals surface area contributed by atoms with Crippen LogP contribution in [0.4, 0.5) is 10.1 Å². The first-order valence-corrected chi connectivity index (χ1v) is 10.7. The normalized spacial score (nSPS) is 12.0. The molecular formula is C24H22FN3O3S. The smallest absolute Gasteiger partial charge is 0.266 e. The van der Waals surface area contributed by atoms with E-state index in [1.165, 1.54) is 22.8 Å². The van der Waals surface area contributed by atoms with Crippen LogP contribution in [0.2, 0.25) is 0 Å². The van der Waals surface area contributed by atoms with Crippen molar-refractivity contribution in [1.29, 1.82) is 0 Å². The molecule has 0 saturated heterocycles. The Hall–Kier alpha value is -3.65. The van der Waals surface area contributed by atoms with Gasteiger partial charge in [-0.3, -0.25) is 14.2 Å². The highest BCUT2D eigenvalue weighted by Gasteiger charge is 2.15. The van der Waals surface area contributed by atoms with E-state index in [2.05, 4.69) is 16.9 Å². The van der Waals surface area contributed by atoms with E-state index in [0.29, 0.717) is 27.5 Å². The predicted molar refractivity (Wildman–Crippen MR) is 127 cm³/mol. The fraction of sp³-hybridized carbons (Fsp3) is 0.125. The summed E-state index contributed by atoms with van der Waals surface area (Å²) >= 11 is 1.07. The molecule has 1 amide bonds. The van der Waals surface area contributed by atoms with Crippen LogP contribution in [0.3, 0.4) is 0 Å². The molecule has 1 N–H and O–H groups in total. The third kappa shape index (κ3) is 5.33. The number of hydrogen-bond donors (Lipinski definition) is 1. The Morgan fingerprint density at radius 3 is 2.66 bits per heavy atom. The van der Waals surface area contributed by atoms with Crippen LogP contribution >= 0.6 is 11.8 Å². The summed E-state index contributed by atoms with van der Waals surface area (Å²) in [6, 6.07) is 12.9. The lowest BCUT2D eigenvalue weighted by Gasteiger charge is -2.14. The molecule has 164 valence electrons. The van der Waals surface area contributed by atoms with Crippen LogP contribution in [0.15, 0.2) is 89.0 Å². The van der Waals surface area contributed by atoms with Gasteiger partial charge in [-0.15, -0.1) is 0 Å². The van der Waals surface area contributed by atoms with E-state index in [4.69, 9.17) is 4.74 Å². The molecule has 0 aliphatic rings. The monoisotopic (exact) mass is 451 g/mol. The molecule has 0 fully saturated rings. The Morgan fingerprint density at radius 1 is 1.22 bits per heavy atom. The molecule has 0 unspecified atom stereocenters. The number of halogens is 1. The Labute approximate surface area is 189 Å². The zero-order chi connectivity index (χ0) is 23.1. The molecule has 2 aromatic carbocycles. The lowest BCUT2D eigenvalue weighted by Crippen LogP contribution is -2.23. The summed E-state index contributed by atoms with van der Waals surface area (Å²) in [4.78, 5) is 30.3. The molecule has 3 aromatic rings. The number of ether oxygens (including phenoxy) is 1. The maximum absolute atomic E-state index is 13.8. The Bertz CT molecular complexity index is 1280. The number of hydrogen-bond acceptors (Lipinski definition) is 5. The summed E-state index contributed by atoms with van der Waals surface area (Å²) in [5.74, 6) is -0.377. The van der Waals surface area contributed by atoms with Crippen molar-refractivity contribution in [2.24, 2.45) is 0 Å². The predicted octanol–water partition coefficient (Wildman–Crippen LogP) is 4.84. The van der Waals surface area contributed by atoms with Crippen LogP contribution in [0, 0.1) is 5.82 Å².